The molecule has 0 aliphatic rings. The molecule has 4 rings (SSSR count). The standard InChI is InChI=1S/C22H18N4O5/c1-10-19(11(2)31-26-10)12-3-5-14-17(7-12)24-9-16(21(23)28)20(14)25-13-4-6-18(27)15(8-13)22(29)30/h3-9,27H,1-2H3,(H2,23,28)(H,24,25)(H,29,30). The van der Waals surface area contributed by atoms with Crippen molar-refractivity contribution in [2.24, 2.45) is 5.73 Å². The van der Waals surface area contributed by atoms with Gasteiger partial charge in [0.05, 0.1) is 22.5 Å². The second kappa shape index (κ2) is 7.45. The molecule has 5 N–H and O–H groups in total. The zero-order chi connectivity index (χ0) is 22.3. The zero-order valence-electron chi connectivity index (χ0n) is 16.6. The Bertz CT molecular complexity index is 1340. The maximum atomic E-state index is 12.0. The fourth-order valence-corrected chi connectivity index (χ4v) is 3.50. The molecule has 9 heteroatoms. The molecule has 2 heterocycles. The fourth-order valence-electron chi connectivity index (χ4n) is 3.50. The number of carbonyl (C=O) groups excluding carboxylic acids is 1. The summed E-state index contributed by atoms with van der Waals surface area (Å²) < 4.78 is 5.24. The lowest BCUT2D eigenvalue weighted by Crippen LogP contribution is -2.14. The lowest BCUT2D eigenvalue weighted by Gasteiger charge is -2.14. The normalized spacial score (nSPS) is 10.9. The number of carbonyl (C=O) groups is 2. The van der Waals surface area contributed by atoms with Crippen LogP contribution in [0.1, 0.15) is 32.2 Å². The van der Waals surface area contributed by atoms with Gasteiger partial charge in [0, 0.05) is 22.8 Å². The van der Waals surface area contributed by atoms with E-state index in [4.69, 9.17) is 10.3 Å². The highest BCUT2D eigenvalue weighted by atomic mass is 16.5. The third-order valence-electron chi connectivity index (χ3n) is 4.95. The fraction of sp³-hybridized carbons (Fsp3) is 0.0909. The van der Waals surface area contributed by atoms with Gasteiger partial charge in [0.15, 0.2) is 0 Å². The van der Waals surface area contributed by atoms with E-state index in [1.807, 2.05) is 26.0 Å². The van der Waals surface area contributed by atoms with Gasteiger partial charge in [0.25, 0.3) is 5.91 Å². The second-order valence-electron chi connectivity index (χ2n) is 7.00. The number of aromatic nitrogens is 2. The molecular weight excluding hydrogens is 400 g/mol. The molecule has 0 fully saturated rings. The number of nitrogens with one attached hydrogen (secondary N) is 1. The average Bonchev–Trinajstić information content (AvgIpc) is 3.06. The Kier molecular flexibility index (Phi) is 4.78. The molecule has 0 bridgehead atoms. The summed E-state index contributed by atoms with van der Waals surface area (Å²) >= 11 is 0. The molecule has 4 aromatic rings. The molecule has 0 radical (unpaired) electrons. The van der Waals surface area contributed by atoms with Crippen molar-refractivity contribution >= 4 is 34.2 Å². The van der Waals surface area contributed by atoms with E-state index >= 15 is 0 Å². The average molecular weight is 418 g/mol. The zero-order valence-corrected chi connectivity index (χ0v) is 16.6. The van der Waals surface area contributed by atoms with Crippen molar-refractivity contribution in [1.29, 1.82) is 0 Å². The molecular formula is C22H18N4O5. The van der Waals surface area contributed by atoms with Crippen molar-refractivity contribution in [1.82, 2.24) is 10.1 Å². The van der Waals surface area contributed by atoms with Crippen LogP contribution in [0.2, 0.25) is 0 Å². The summed E-state index contributed by atoms with van der Waals surface area (Å²) in [4.78, 5) is 27.7. The second-order valence-corrected chi connectivity index (χ2v) is 7.00. The van der Waals surface area contributed by atoms with Gasteiger partial charge >= 0.3 is 5.97 Å². The van der Waals surface area contributed by atoms with Gasteiger partial charge in [-0.3, -0.25) is 9.78 Å². The molecule has 1 amide bonds. The number of carboxylic acids is 1. The summed E-state index contributed by atoms with van der Waals surface area (Å²) in [6.45, 7) is 3.67. The highest BCUT2D eigenvalue weighted by Crippen LogP contribution is 2.34. The van der Waals surface area contributed by atoms with E-state index in [9.17, 15) is 19.8 Å². The number of aromatic carboxylic acids is 1. The van der Waals surface area contributed by atoms with Crippen LogP contribution in [-0.2, 0) is 0 Å². The highest BCUT2D eigenvalue weighted by Gasteiger charge is 2.18. The number of hydrogen-bond donors (Lipinski definition) is 4. The number of aromatic hydroxyl groups is 1. The van der Waals surface area contributed by atoms with Gasteiger partial charge in [0.1, 0.15) is 17.1 Å². The van der Waals surface area contributed by atoms with Crippen molar-refractivity contribution in [3.63, 3.8) is 0 Å². The number of nitrogens with two attached hydrogens (primary N) is 1. The number of hydrogen-bond acceptors (Lipinski definition) is 7. The van der Waals surface area contributed by atoms with Gasteiger partial charge in [-0.1, -0.05) is 17.3 Å². The number of benzene rings is 2. The number of carboxylic acid groups (broad SMARTS) is 1. The first-order chi connectivity index (χ1) is 14.8. The first kappa shape index (κ1) is 19.9. The summed E-state index contributed by atoms with van der Waals surface area (Å²) in [7, 11) is 0. The van der Waals surface area contributed by atoms with Crippen LogP contribution in [0.5, 0.6) is 5.75 Å². The molecule has 2 aromatic carbocycles. The van der Waals surface area contributed by atoms with Crippen LogP contribution in [0.15, 0.2) is 47.1 Å². The quantitative estimate of drug-likeness (QED) is 0.358. The van der Waals surface area contributed by atoms with E-state index in [1.165, 1.54) is 24.4 Å². The van der Waals surface area contributed by atoms with Crippen molar-refractivity contribution in [2.75, 3.05) is 5.32 Å². The molecule has 0 spiro atoms. The van der Waals surface area contributed by atoms with Crippen LogP contribution in [0, 0.1) is 13.8 Å². The van der Waals surface area contributed by atoms with E-state index in [-0.39, 0.29) is 16.9 Å². The maximum Gasteiger partial charge on any atom is 0.339 e. The van der Waals surface area contributed by atoms with E-state index in [1.54, 1.807) is 6.07 Å². The van der Waals surface area contributed by atoms with Gasteiger partial charge in [0.2, 0.25) is 0 Å². The number of amides is 1. The van der Waals surface area contributed by atoms with Gasteiger partial charge in [-0.15, -0.1) is 0 Å². The molecule has 0 unspecified atom stereocenters. The van der Waals surface area contributed by atoms with Gasteiger partial charge in [-0.05, 0) is 43.7 Å². The number of nitrogens with zero attached hydrogens (tertiary/aromatic N) is 2. The summed E-state index contributed by atoms with van der Waals surface area (Å²) in [5.41, 5.74) is 9.19. The van der Waals surface area contributed by atoms with E-state index in [0.29, 0.717) is 28.0 Å². The molecule has 0 aliphatic carbocycles. The Morgan fingerprint density at radius 2 is 1.87 bits per heavy atom. The summed E-state index contributed by atoms with van der Waals surface area (Å²) in [5.74, 6) is -1.66. The topological polar surface area (TPSA) is 152 Å². The number of anilines is 2. The van der Waals surface area contributed by atoms with Crippen molar-refractivity contribution in [3.8, 4) is 16.9 Å². The lowest BCUT2D eigenvalue weighted by atomic mass is 10.0. The predicted octanol–water partition coefficient (Wildman–Crippen LogP) is 3.75. The molecule has 0 saturated carbocycles. The molecule has 156 valence electrons. The maximum absolute atomic E-state index is 12.0. The number of phenols is 1. The van der Waals surface area contributed by atoms with Crippen molar-refractivity contribution in [2.45, 2.75) is 13.8 Å². The Hall–Kier alpha value is -4.40. The summed E-state index contributed by atoms with van der Waals surface area (Å²) in [6, 6.07) is 9.51. The summed E-state index contributed by atoms with van der Waals surface area (Å²) in [6.07, 6.45) is 1.36. The largest absolute Gasteiger partial charge is 0.507 e. The molecule has 0 saturated heterocycles. The van der Waals surface area contributed by atoms with Crippen molar-refractivity contribution in [3.05, 3.63) is 65.2 Å². The third-order valence-corrected chi connectivity index (χ3v) is 4.95. The Morgan fingerprint density at radius 3 is 2.52 bits per heavy atom. The van der Waals surface area contributed by atoms with Crippen LogP contribution >= 0.6 is 0 Å². The Morgan fingerprint density at radius 1 is 1.10 bits per heavy atom. The van der Waals surface area contributed by atoms with Gasteiger partial charge in [-0.25, -0.2) is 4.79 Å². The summed E-state index contributed by atoms with van der Waals surface area (Å²) in [5, 5.41) is 26.6. The van der Waals surface area contributed by atoms with Crippen LogP contribution in [0.3, 0.4) is 0 Å². The molecule has 2 aromatic heterocycles. The van der Waals surface area contributed by atoms with Crippen LogP contribution in [-0.4, -0.2) is 32.2 Å². The lowest BCUT2D eigenvalue weighted by molar-refractivity contribution is 0.0693. The first-order valence-corrected chi connectivity index (χ1v) is 9.25. The number of primary amides is 1. The molecule has 31 heavy (non-hydrogen) atoms. The Labute approximate surface area is 176 Å². The monoisotopic (exact) mass is 418 g/mol. The third kappa shape index (κ3) is 3.52. The minimum Gasteiger partial charge on any atom is -0.507 e. The molecule has 0 aliphatic heterocycles. The smallest absolute Gasteiger partial charge is 0.339 e. The number of pyridine rings is 1. The van der Waals surface area contributed by atoms with Gasteiger partial charge in [-0.2, -0.15) is 0 Å². The molecule has 9 nitrogen and oxygen atoms in total. The predicted molar refractivity (Wildman–Crippen MR) is 114 cm³/mol. The number of aryl methyl sites for hydroxylation is 2. The first-order valence-electron chi connectivity index (χ1n) is 9.25. The van der Waals surface area contributed by atoms with Crippen LogP contribution in [0.25, 0.3) is 22.0 Å². The van der Waals surface area contributed by atoms with Crippen LogP contribution in [0.4, 0.5) is 11.4 Å². The molecule has 0 atom stereocenters. The number of fused-ring (bicyclic) bond motifs is 1. The highest BCUT2D eigenvalue weighted by molar-refractivity contribution is 6.08. The van der Waals surface area contributed by atoms with Crippen LogP contribution < -0.4 is 11.1 Å². The van der Waals surface area contributed by atoms with Crippen molar-refractivity contribution < 1.29 is 24.3 Å². The van der Waals surface area contributed by atoms with E-state index in [2.05, 4.69) is 15.5 Å². The van der Waals surface area contributed by atoms with Gasteiger partial charge < -0.3 is 25.8 Å². The van der Waals surface area contributed by atoms with E-state index < -0.39 is 11.9 Å². The van der Waals surface area contributed by atoms with E-state index in [0.717, 1.165) is 16.8 Å². The number of rotatable bonds is 5. The Balaban J connectivity index is 1.87. The SMILES string of the molecule is Cc1noc(C)c1-c1ccc2c(Nc3ccc(O)c(C(=O)O)c3)c(C(N)=O)cnc2c1. The minimum atomic E-state index is -1.28. The minimum absolute atomic E-state index is 0.141.